The van der Waals surface area contributed by atoms with Crippen LogP contribution >= 0.6 is 0 Å². The second kappa shape index (κ2) is 5.23. The molecule has 5 heteroatoms. The monoisotopic (exact) mass is 338 g/mol. The summed E-state index contributed by atoms with van der Waals surface area (Å²) in [5.41, 5.74) is 5.74. The molecular formula is C20H19FN2O2. The van der Waals surface area contributed by atoms with Crippen molar-refractivity contribution in [2.24, 2.45) is 0 Å². The Morgan fingerprint density at radius 2 is 2.16 bits per heavy atom. The molecule has 3 aromatic rings. The first-order chi connectivity index (χ1) is 12.1. The molecular weight excluding hydrogens is 319 g/mol. The Hall–Kier alpha value is -2.53. The molecule has 0 bridgehead atoms. The minimum atomic E-state index is -0.205. The molecule has 2 aliphatic rings. The quantitative estimate of drug-likeness (QED) is 0.712. The van der Waals surface area contributed by atoms with E-state index in [1.165, 1.54) is 22.9 Å². The fourth-order valence-electron chi connectivity index (χ4n) is 4.40. The van der Waals surface area contributed by atoms with Crippen LogP contribution in [0.1, 0.15) is 28.4 Å². The fourth-order valence-corrected chi connectivity index (χ4v) is 4.40. The zero-order valence-electron chi connectivity index (χ0n) is 14.0. The standard InChI is InChI=1S/C20H19FN2O2/c1-25-20-6-11-4-5-23-10-17-15(8-18(23)13(11)9-19(20)24)14-7-12(21)2-3-16(14)22-17/h2-3,6-7,9,18,22,24H,4-5,8,10H2,1H3/t18-/m0/s1. The molecule has 1 atom stereocenters. The number of ether oxygens (including phenoxy) is 1. The van der Waals surface area contributed by atoms with Gasteiger partial charge < -0.3 is 14.8 Å². The van der Waals surface area contributed by atoms with Gasteiger partial charge in [0.1, 0.15) is 5.82 Å². The maximum Gasteiger partial charge on any atom is 0.160 e. The van der Waals surface area contributed by atoms with E-state index < -0.39 is 0 Å². The first kappa shape index (κ1) is 14.8. The lowest BCUT2D eigenvalue weighted by Crippen LogP contribution is -2.39. The number of aromatic nitrogens is 1. The number of phenols is 1. The summed E-state index contributed by atoms with van der Waals surface area (Å²) in [5.74, 6) is 0.500. The van der Waals surface area contributed by atoms with Gasteiger partial charge in [0.05, 0.1) is 7.11 Å². The average molecular weight is 338 g/mol. The second-order valence-electron chi connectivity index (χ2n) is 6.94. The lowest BCUT2D eigenvalue weighted by Gasteiger charge is -2.40. The largest absolute Gasteiger partial charge is 0.504 e. The van der Waals surface area contributed by atoms with Crippen molar-refractivity contribution in [1.29, 1.82) is 0 Å². The molecule has 128 valence electrons. The zero-order valence-corrected chi connectivity index (χ0v) is 14.0. The van der Waals surface area contributed by atoms with Gasteiger partial charge in [-0.05, 0) is 59.9 Å². The molecule has 0 amide bonds. The van der Waals surface area contributed by atoms with Crippen molar-refractivity contribution in [3.8, 4) is 11.5 Å². The Kier molecular flexibility index (Phi) is 3.09. The Bertz CT molecular complexity index is 995. The molecule has 0 spiro atoms. The van der Waals surface area contributed by atoms with Crippen LogP contribution in [0.2, 0.25) is 0 Å². The van der Waals surface area contributed by atoms with Crippen LogP contribution in [0, 0.1) is 5.82 Å². The summed E-state index contributed by atoms with van der Waals surface area (Å²) < 4.78 is 19.0. The maximum atomic E-state index is 13.7. The van der Waals surface area contributed by atoms with Crippen molar-refractivity contribution in [1.82, 2.24) is 9.88 Å². The van der Waals surface area contributed by atoms with Crippen LogP contribution in [0.15, 0.2) is 30.3 Å². The van der Waals surface area contributed by atoms with Crippen LogP contribution in [-0.4, -0.2) is 28.6 Å². The summed E-state index contributed by atoms with van der Waals surface area (Å²) in [6.45, 7) is 1.79. The van der Waals surface area contributed by atoms with Gasteiger partial charge in [0.15, 0.2) is 11.5 Å². The Balaban J connectivity index is 1.63. The number of phenolic OH excluding ortho intramolecular Hbond substituents is 1. The van der Waals surface area contributed by atoms with Crippen LogP contribution < -0.4 is 4.74 Å². The number of hydrogen-bond donors (Lipinski definition) is 2. The first-order valence-electron chi connectivity index (χ1n) is 8.57. The van der Waals surface area contributed by atoms with Gasteiger partial charge in [0.25, 0.3) is 0 Å². The van der Waals surface area contributed by atoms with E-state index in [0.29, 0.717) is 5.75 Å². The molecule has 0 saturated heterocycles. The third-order valence-electron chi connectivity index (χ3n) is 5.62. The van der Waals surface area contributed by atoms with Crippen molar-refractivity contribution in [3.05, 3.63) is 58.5 Å². The number of nitrogens with one attached hydrogen (secondary N) is 1. The summed E-state index contributed by atoms with van der Waals surface area (Å²) in [6.07, 6.45) is 1.75. The van der Waals surface area contributed by atoms with E-state index in [1.54, 1.807) is 13.2 Å². The second-order valence-corrected chi connectivity index (χ2v) is 6.94. The number of methoxy groups -OCH3 is 1. The first-order valence-corrected chi connectivity index (χ1v) is 8.57. The molecule has 5 rings (SSSR count). The number of benzene rings is 2. The molecule has 2 N–H and O–H groups in total. The number of aromatic hydroxyl groups is 1. The number of hydrogen-bond acceptors (Lipinski definition) is 3. The molecule has 0 saturated carbocycles. The molecule has 1 aromatic heterocycles. The van der Waals surface area contributed by atoms with Crippen LogP contribution in [0.5, 0.6) is 11.5 Å². The summed E-state index contributed by atoms with van der Waals surface area (Å²) in [5, 5.41) is 11.2. The van der Waals surface area contributed by atoms with Crippen molar-refractivity contribution >= 4 is 10.9 Å². The number of halogens is 1. The highest BCUT2D eigenvalue weighted by molar-refractivity contribution is 5.85. The van der Waals surface area contributed by atoms with E-state index in [2.05, 4.69) is 9.88 Å². The smallest absolute Gasteiger partial charge is 0.160 e. The van der Waals surface area contributed by atoms with Crippen molar-refractivity contribution < 1.29 is 14.2 Å². The number of fused-ring (bicyclic) bond motifs is 6. The zero-order chi connectivity index (χ0) is 17.1. The van der Waals surface area contributed by atoms with Gasteiger partial charge >= 0.3 is 0 Å². The number of aromatic amines is 1. The van der Waals surface area contributed by atoms with Gasteiger partial charge in [-0.1, -0.05) is 0 Å². The third kappa shape index (κ3) is 2.15. The number of H-pyrrole nitrogens is 1. The average Bonchev–Trinajstić information content (AvgIpc) is 2.96. The SMILES string of the molecule is COc1cc2c(cc1O)[C@@H]1Cc3c([nH]c4ccc(F)cc34)CN1CC2. The van der Waals surface area contributed by atoms with Gasteiger partial charge in [-0.15, -0.1) is 0 Å². The van der Waals surface area contributed by atoms with Gasteiger partial charge in [-0.25, -0.2) is 4.39 Å². The molecule has 0 fully saturated rings. The minimum absolute atomic E-state index is 0.180. The predicted molar refractivity (Wildman–Crippen MR) is 93.5 cm³/mol. The van der Waals surface area contributed by atoms with Crippen LogP contribution in [0.3, 0.4) is 0 Å². The van der Waals surface area contributed by atoms with Crippen molar-refractivity contribution in [2.75, 3.05) is 13.7 Å². The molecule has 2 aliphatic heterocycles. The highest BCUT2D eigenvalue weighted by atomic mass is 19.1. The van der Waals surface area contributed by atoms with Crippen LogP contribution in [0.25, 0.3) is 10.9 Å². The van der Waals surface area contributed by atoms with E-state index in [-0.39, 0.29) is 17.6 Å². The van der Waals surface area contributed by atoms with Gasteiger partial charge in [0.2, 0.25) is 0 Å². The summed E-state index contributed by atoms with van der Waals surface area (Å²) in [6, 6.07) is 8.92. The molecule has 0 radical (unpaired) electrons. The van der Waals surface area contributed by atoms with E-state index in [9.17, 15) is 9.50 Å². The Morgan fingerprint density at radius 3 is 3.00 bits per heavy atom. The van der Waals surface area contributed by atoms with Crippen LogP contribution in [-0.2, 0) is 19.4 Å². The highest BCUT2D eigenvalue weighted by Crippen LogP contribution is 2.43. The molecule has 0 unspecified atom stereocenters. The van der Waals surface area contributed by atoms with E-state index in [0.717, 1.165) is 42.4 Å². The maximum absolute atomic E-state index is 13.7. The fraction of sp³-hybridized carbons (Fsp3) is 0.300. The van der Waals surface area contributed by atoms with E-state index in [1.807, 2.05) is 18.2 Å². The van der Waals surface area contributed by atoms with Crippen molar-refractivity contribution in [3.63, 3.8) is 0 Å². The van der Waals surface area contributed by atoms with E-state index in [4.69, 9.17) is 4.74 Å². The van der Waals surface area contributed by atoms with Gasteiger partial charge in [0, 0.05) is 35.7 Å². The lowest BCUT2D eigenvalue weighted by atomic mass is 9.85. The summed E-state index contributed by atoms with van der Waals surface area (Å²) in [7, 11) is 1.57. The molecule has 4 nitrogen and oxygen atoms in total. The van der Waals surface area contributed by atoms with Crippen molar-refractivity contribution in [2.45, 2.75) is 25.4 Å². The van der Waals surface area contributed by atoms with Gasteiger partial charge in [-0.3, -0.25) is 4.90 Å². The Morgan fingerprint density at radius 1 is 1.28 bits per heavy atom. The lowest BCUT2D eigenvalue weighted by molar-refractivity contribution is 0.159. The summed E-state index contributed by atoms with van der Waals surface area (Å²) in [4.78, 5) is 5.89. The normalized spacial score (nSPS) is 19.4. The summed E-state index contributed by atoms with van der Waals surface area (Å²) >= 11 is 0. The van der Waals surface area contributed by atoms with Gasteiger partial charge in [-0.2, -0.15) is 0 Å². The third-order valence-corrected chi connectivity index (χ3v) is 5.62. The number of rotatable bonds is 1. The predicted octanol–water partition coefficient (Wildman–Crippen LogP) is 3.68. The minimum Gasteiger partial charge on any atom is -0.504 e. The molecule has 25 heavy (non-hydrogen) atoms. The number of nitrogens with zero attached hydrogens (tertiary/aromatic N) is 1. The van der Waals surface area contributed by atoms with E-state index >= 15 is 0 Å². The molecule has 2 aromatic carbocycles. The highest BCUT2D eigenvalue weighted by Gasteiger charge is 2.34. The molecule has 3 heterocycles. The topological polar surface area (TPSA) is 48.5 Å². The Labute approximate surface area is 144 Å². The van der Waals surface area contributed by atoms with Crippen LogP contribution in [0.4, 0.5) is 4.39 Å². The molecule has 0 aliphatic carbocycles.